The Morgan fingerprint density at radius 3 is 2.71 bits per heavy atom. The predicted molar refractivity (Wildman–Crippen MR) is 56.4 cm³/mol. The maximum atomic E-state index is 10.2. The number of aliphatic carboxylic acids is 1. The fourth-order valence-electron chi connectivity index (χ4n) is 1.01. The highest BCUT2D eigenvalue weighted by Gasteiger charge is 1.94. The van der Waals surface area contributed by atoms with E-state index in [0.717, 1.165) is 18.6 Å². The highest BCUT2D eigenvalue weighted by molar-refractivity contribution is 5.68. The number of hydrogen-bond acceptors (Lipinski definition) is 2. The number of unbranched alkanes of at least 4 members (excludes halogenated alkanes) is 2. The van der Waals surface area contributed by atoms with Crippen molar-refractivity contribution in [2.24, 2.45) is 0 Å². The van der Waals surface area contributed by atoms with Crippen LogP contribution in [0.5, 0.6) is 0 Å². The first-order chi connectivity index (χ1) is 6.66. The zero-order chi connectivity index (χ0) is 10.8. The van der Waals surface area contributed by atoms with Gasteiger partial charge in [0.15, 0.2) is 0 Å². The van der Waals surface area contributed by atoms with E-state index in [9.17, 15) is 4.79 Å². The standard InChI is InChI=1S/C11H20O3/c1-3-4-5-8-14-9-10(2)6-7-11(12)13/h6H,3-5,7-9H2,1-2H3,(H,12,13). The van der Waals surface area contributed by atoms with Crippen LogP contribution in [0.4, 0.5) is 0 Å². The molecule has 14 heavy (non-hydrogen) atoms. The van der Waals surface area contributed by atoms with Crippen molar-refractivity contribution in [3.63, 3.8) is 0 Å². The van der Waals surface area contributed by atoms with Crippen molar-refractivity contribution in [3.05, 3.63) is 11.6 Å². The van der Waals surface area contributed by atoms with E-state index in [0.29, 0.717) is 6.61 Å². The van der Waals surface area contributed by atoms with Gasteiger partial charge in [-0.2, -0.15) is 0 Å². The van der Waals surface area contributed by atoms with Gasteiger partial charge in [-0.25, -0.2) is 0 Å². The summed E-state index contributed by atoms with van der Waals surface area (Å²) in [6.07, 6.45) is 5.25. The summed E-state index contributed by atoms with van der Waals surface area (Å²) in [5, 5.41) is 8.42. The number of carboxylic acids is 1. The Hall–Kier alpha value is -0.830. The topological polar surface area (TPSA) is 46.5 Å². The molecule has 0 aliphatic heterocycles. The Morgan fingerprint density at radius 2 is 2.14 bits per heavy atom. The first-order valence-electron chi connectivity index (χ1n) is 5.12. The minimum Gasteiger partial charge on any atom is -0.481 e. The molecule has 3 nitrogen and oxygen atoms in total. The Bertz CT molecular complexity index is 185. The fourth-order valence-corrected chi connectivity index (χ4v) is 1.01. The minimum absolute atomic E-state index is 0.0875. The van der Waals surface area contributed by atoms with Gasteiger partial charge in [-0.05, 0) is 13.3 Å². The zero-order valence-electron chi connectivity index (χ0n) is 9.08. The lowest BCUT2D eigenvalue weighted by Gasteiger charge is -2.03. The quantitative estimate of drug-likeness (QED) is 0.484. The van der Waals surface area contributed by atoms with Gasteiger partial charge in [0.2, 0.25) is 0 Å². The zero-order valence-corrected chi connectivity index (χ0v) is 9.08. The second-order valence-electron chi connectivity index (χ2n) is 3.41. The fraction of sp³-hybridized carbons (Fsp3) is 0.727. The van der Waals surface area contributed by atoms with Gasteiger partial charge in [0.05, 0.1) is 13.0 Å². The Kier molecular flexibility index (Phi) is 8.24. The van der Waals surface area contributed by atoms with Crippen LogP contribution in [0.25, 0.3) is 0 Å². The number of carboxylic acid groups (broad SMARTS) is 1. The predicted octanol–water partition coefficient (Wildman–Crippen LogP) is 2.61. The molecule has 3 heteroatoms. The molecule has 1 N–H and O–H groups in total. The van der Waals surface area contributed by atoms with E-state index in [2.05, 4.69) is 6.92 Å². The maximum Gasteiger partial charge on any atom is 0.307 e. The first kappa shape index (κ1) is 13.2. The van der Waals surface area contributed by atoms with Crippen LogP contribution in [0.15, 0.2) is 11.6 Å². The number of ether oxygens (including phenoxy) is 1. The van der Waals surface area contributed by atoms with E-state index >= 15 is 0 Å². The molecule has 0 rings (SSSR count). The molecule has 82 valence electrons. The molecular weight excluding hydrogens is 180 g/mol. The summed E-state index contributed by atoms with van der Waals surface area (Å²) < 4.78 is 5.37. The van der Waals surface area contributed by atoms with Crippen LogP contribution in [-0.2, 0) is 9.53 Å². The molecule has 0 saturated carbocycles. The van der Waals surface area contributed by atoms with Crippen molar-refractivity contribution in [3.8, 4) is 0 Å². The molecule has 0 bridgehead atoms. The van der Waals surface area contributed by atoms with Gasteiger partial charge >= 0.3 is 5.97 Å². The van der Waals surface area contributed by atoms with E-state index in [1.54, 1.807) is 6.08 Å². The molecular formula is C11H20O3. The number of carbonyl (C=O) groups is 1. The summed E-state index contributed by atoms with van der Waals surface area (Å²) in [7, 11) is 0. The molecule has 0 aromatic heterocycles. The molecule has 0 saturated heterocycles. The molecule has 0 heterocycles. The SMILES string of the molecule is CCCCCOCC(C)=CCC(=O)O. The lowest BCUT2D eigenvalue weighted by molar-refractivity contribution is -0.136. The lowest BCUT2D eigenvalue weighted by atomic mass is 10.2. The third-order valence-electron chi connectivity index (χ3n) is 1.85. The van der Waals surface area contributed by atoms with Gasteiger partial charge < -0.3 is 9.84 Å². The van der Waals surface area contributed by atoms with Crippen LogP contribution < -0.4 is 0 Å². The Morgan fingerprint density at radius 1 is 1.43 bits per heavy atom. The van der Waals surface area contributed by atoms with Crippen molar-refractivity contribution in [1.82, 2.24) is 0 Å². The van der Waals surface area contributed by atoms with E-state index in [-0.39, 0.29) is 6.42 Å². The average molecular weight is 200 g/mol. The second kappa shape index (κ2) is 8.75. The highest BCUT2D eigenvalue weighted by atomic mass is 16.5. The summed E-state index contributed by atoms with van der Waals surface area (Å²) >= 11 is 0. The Labute approximate surface area is 85.8 Å². The van der Waals surface area contributed by atoms with E-state index in [1.807, 2.05) is 6.92 Å². The summed E-state index contributed by atoms with van der Waals surface area (Å²) in [5.41, 5.74) is 0.990. The number of hydrogen-bond donors (Lipinski definition) is 1. The van der Waals surface area contributed by atoms with Crippen LogP contribution in [0.1, 0.15) is 39.5 Å². The molecule has 0 spiro atoms. The van der Waals surface area contributed by atoms with Crippen molar-refractivity contribution >= 4 is 5.97 Å². The van der Waals surface area contributed by atoms with Gasteiger partial charge in [-0.3, -0.25) is 4.79 Å². The van der Waals surface area contributed by atoms with Crippen LogP contribution >= 0.6 is 0 Å². The normalized spacial score (nSPS) is 11.7. The maximum absolute atomic E-state index is 10.2. The molecule has 0 radical (unpaired) electrons. The highest BCUT2D eigenvalue weighted by Crippen LogP contribution is 1.99. The lowest BCUT2D eigenvalue weighted by Crippen LogP contribution is -1.99. The average Bonchev–Trinajstić information content (AvgIpc) is 2.14. The molecule has 0 aliphatic carbocycles. The van der Waals surface area contributed by atoms with Crippen molar-refractivity contribution < 1.29 is 14.6 Å². The van der Waals surface area contributed by atoms with Crippen LogP contribution in [-0.4, -0.2) is 24.3 Å². The van der Waals surface area contributed by atoms with Crippen molar-refractivity contribution in [1.29, 1.82) is 0 Å². The van der Waals surface area contributed by atoms with Crippen molar-refractivity contribution in [2.75, 3.05) is 13.2 Å². The van der Waals surface area contributed by atoms with Gasteiger partial charge in [0, 0.05) is 6.61 Å². The molecule has 0 aromatic carbocycles. The third kappa shape index (κ3) is 9.26. The molecule has 0 aliphatic rings. The van der Waals surface area contributed by atoms with E-state index < -0.39 is 5.97 Å². The monoisotopic (exact) mass is 200 g/mol. The van der Waals surface area contributed by atoms with Gasteiger partial charge in [0.25, 0.3) is 0 Å². The second-order valence-corrected chi connectivity index (χ2v) is 3.41. The van der Waals surface area contributed by atoms with Crippen LogP contribution in [0.2, 0.25) is 0 Å². The number of rotatable bonds is 8. The van der Waals surface area contributed by atoms with E-state index in [4.69, 9.17) is 9.84 Å². The summed E-state index contributed by atoms with van der Waals surface area (Å²) in [6, 6.07) is 0. The molecule has 0 fully saturated rings. The van der Waals surface area contributed by atoms with Crippen LogP contribution in [0.3, 0.4) is 0 Å². The molecule has 0 atom stereocenters. The minimum atomic E-state index is -0.796. The van der Waals surface area contributed by atoms with Gasteiger partial charge in [-0.15, -0.1) is 0 Å². The van der Waals surface area contributed by atoms with Gasteiger partial charge in [0.1, 0.15) is 0 Å². The molecule has 0 aromatic rings. The van der Waals surface area contributed by atoms with Crippen LogP contribution in [0, 0.1) is 0 Å². The largest absolute Gasteiger partial charge is 0.481 e. The third-order valence-corrected chi connectivity index (χ3v) is 1.85. The summed E-state index contributed by atoms with van der Waals surface area (Å²) in [5.74, 6) is -0.796. The Balaban J connectivity index is 3.38. The molecule has 0 unspecified atom stereocenters. The summed E-state index contributed by atoms with van der Waals surface area (Å²) in [6.45, 7) is 5.36. The molecule has 0 amide bonds. The first-order valence-corrected chi connectivity index (χ1v) is 5.12. The van der Waals surface area contributed by atoms with E-state index in [1.165, 1.54) is 12.8 Å². The summed E-state index contributed by atoms with van der Waals surface area (Å²) in [4.78, 5) is 10.2. The van der Waals surface area contributed by atoms with Crippen molar-refractivity contribution in [2.45, 2.75) is 39.5 Å². The smallest absolute Gasteiger partial charge is 0.307 e. The van der Waals surface area contributed by atoms with Gasteiger partial charge in [-0.1, -0.05) is 31.4 Å².